The summed E-state index contributed by atoms with van der Waals surface area (Å²) in [6.45, 7) is 6.35. The van der Waals surface area contributed by atoms with Crippen LogP contribution in [0.1, 0.15) is 30.9 Å². The molecule has 1 aliphatic heterocycles. The number of nitrogens with two attached hydrogens (primary N) is 1. The van der Waals surface area contributed by atoms with Gasteiger partial charge in [0.05, 0.1) is 25.7 Å². The van der Waals surface area contributed by atoms with Crippen LogP contribution in [-0.2, 0) is 10.2 Å². The van der Waals surface area contributed by atoms with Crippen LogP contribution < -0.4 is 10.5 Å². The molecule has 17 heavy (non-hydrogen) atoms. The average molecular weight is 235 g/mol. The molecule has 1 aliphatic rings. The monoisotopic (exact) mass is 235 g/mol. The molecule has 3 nitrogen and oxygen atoms in total. The summed E-state index contributed by atoms with van der Waals surface area (Å²) in [6, 6.07) is 6.43. The fourth-order valence-corrected chi connectivity index (χ4v) is 2.24. The number of hydrogen-bond donors (Lipinski definition) is 1. The molecular weight excluding hydrogens is 214 g/mol. The Labute approximate surface area is 103 Å². The third-order valence-electron chi connectivity index (χ3n) is 3.61. The van der Waals surface area contributed by atoms with Crippen molar-refractivity contribution in [3.63, 3.8) is 0 Å². The number of rotatable bonds is 4. The first-order chi connectivity index (χ1) is 8.13. The third-order valence-corrected chi connectivity index (χ3v) is 3.61. The number of benzene rings is 1. The van der Waals surface area contributed by atoms with E-state index in [0.717, 1.165) is 5.75 Å². The van der Waals surface area contributed by atoms with Gasteiger partial charge in [0.15, 0.2) is 0 Å². The second-order valence-corrected chi connectivity index (χ2v) is 5.09. The quantitative estimate of drug-likeness (QED) is 0.868. The molecule has 0 radical (unpaired) electrons. The van der Waals surface area contributed by atoms with Crippen molar-refractivity contribution in [1.29, 1.82) is 0 Å². The molecule has 0 saturated carbocycles. The van der Waals surface area contributed by atoms with Crippen molar-refractivity contribution < 1.29 is 9.47 Å². The molecule has 1 fully saturated rings. The Morgan fingerprint density at radius 3 is 2.53 bits per heavy atom. The van der Waals surface area contributed by atoms with Crippen molar-refractivity contribution in [1.82, 2.24) is 0 Å². The molecule has 94 valence electrons. The van der Waals surface area contributed by atoms with Crippen LogP contribution in [0.15, 0.2) is 18.2 Å². The molecule has 0 aromatic heterocycles. The van der Waals surface area contributed by atoms with Gasteiger partial charge in [-0.15, -0.1) is 0 Å². The highest BCUT2D eigenvalue weighted by atomic mass is 16.5. The zero-order chi connectivity index (χ0) is 12.5. The van der Waals surface area contributed by atoms with Crippen LogP contribution in [0.25, 0.3) is 0 Å². The summed E-state index contributed by atoms with van der Waals surface area (Å²) in [4.78, 5) is 0. The SMILES string of the molecule is COc1cc(C(C)C)ccc1C1(CN)COC1. The van der Waals surface area contributed by atoms with Gasteiger partial charge in [-0.3, -0.25) is 0 Å². The largest absolute Gasteiger partial charge is 0.496 e. The Balaban J connectivity index is 2.40. The number of ether oxygens (including phenoxy) is 2. The molecular formula is C14H21NO2. The summed E-state index contributed by atoms with van der Waals surface area (Å²) in [5.74, 6) is 1.44. The Kier molecular flexibility index (Phi) is 3.40. The molecule has 2 rings (SSSR count). The van der Waals surface area contributed by atoms with E-state index in [-0.39, 0.29) is 5.41 Å². The predicted molar refractivity (Wildman–Crippen MR) is 68.6 cm³/mol. The minimum absolute atomic E-state index is 0.0408. The fourth-order valence-electron chi connectivity index (χ4n) is 2.24. The molecule has 0 atom stereocenters. The summed E-state index contributed by atoms with van der Waals surface area (Å²) in [5.41, 5.74) is 8.31. The molecule has 1 saturated heterocycles. The Morgan fingerprint density at radius 2 is 2.12 bits per heavy atom. The normalized spacial score (nSPS) is 17.9. The van der Waals surface area contributed by atoms with E-state index in [2.05, 4.69) is 32.0 Å². The predicted octanol–water partition coefficient (Wildman–Crippen LogP) is 2.05. The lowest BCUT2D eigenvalue weighted by atomic mass is 9.77. The van der Waals surface area contributed by atoms with Gasteiger partial charge in [-0.2, -0.15) is 0 Å². The van der Waals surface area contributed by atoms with Crippen molar-refractivity contribution in [3.05, 3.63) is 29.3 Å². The topological polar surface area (TPSA) is 44.5 Å². The summed E-state index contributed by atoms with van der Waals surface area (Å²) in [5, 5.41) is 0. The van der Waals surface area contributed by atoms with E-state index >= 15 is 0 Å². The van der Waals surface area contributed by atoms with Crippen molar-refractivity contribution in [2.24, 2.45) is 5.73 Å². The van der Waals surface area contributed by atoms with E-state index in [0.29, 0.717) is 25.7 Å². The van der Waals surface area contributed by atoms with Crippen LogP contribution in [0.4, 0.5) is 0 Å². The summed E-state index contributed by atoms with van der Waals surface area (Å²) >= 11 is 0. The zero-order valence-electron chi connectivity index (χ0n) is 10.8. The molecule has 0 amide bonds. The maximum Gasteiger partial charge on any atom is 0.123 e. The lowest BCUT2D eigenvalue weighted by Gasteiger charge is -2.41. The fraction of sp³-hybridized carbons (Fsp3) is 0.571. The number of hydrogen-bond acceptors (Lipinski definition) is 3. The molecule has 0 bridgehead atoms. The van der Waals surface area contributed by atoms with E-state index < -0.39 is 0 Å². The van der Waals surface area contributed by atoms with E-state index in [4.69, 9.17) is 15.2 Å². The summed E-state index contributed by atoms with van der Waals surface area (Å²) in [7, 11) is 1.71. The Bertz CT molecular complexity index is 392. The molecule has 0 spiro atoms. The molecule has 2 N–H and O–H groups in total. The smallest absolute Gasteiger partial charge is 0.123 e. The molecule has 0 aliphatic carbocycles. The van der Waals surface area contributed by atoms with Gasteiger partial charge in [-0.25, -0.2) is 0 Å². The van der Waals surface area contributed by atoms with Crippen LogP contribution in [0.3, 0.4) is 0 Å². The van der Waals surface area contributed by atoms with Crippen LogP contribution in [0.2, 0.25) is 0 Å². The van der Waals surface area contributed by atoms with Gasteiger partial charge in [-0.05, 0) is 17.5 Å². The van der Waals surface area contributed by atoms with Gasteiger partial charge >= 0.3 is 0 Å². The minimum Gasteiger partial charge on any atom is -0.496 e. The molecule has 1 heterocycles. The third kappa shape index (κ3) is 2.05. The first-order valence-electron chi connectivity index (χ1n) is 6.09. The summed E-state index contributed by atoms with van der Waals surface area (Å²) < 4.78 is 10.8. The van der Waals surface area contributed by atoms with E-state index in [1.807, 2.05) is 0 Å². The zero-order valence-corrected chi connectivity index (χ0v) is 10.8. The highest BCUT2D eigenvalue weighted by molar-refractivity contribution is 5.45. The Hall–Kier alpha value is -1.06. The number of methoxy groups -OCH3 is 1. The highest BCUT2D eigenvalue weighted by Gasteiger charge is 2.41. The standard InChI is InChI=1S/C14H21NO2/c1-10(2)11-4-5-12(13(6-11)16-3)14(7-15)8-17-9-14/h4-6,10H,7-9,15H2,1-3H3. The molecule has 3 heteroatoms. The van der Waals surface area contributed by atoms with E-state index in [9.17, 15) is 0 Å². The summed E-state index contributed by atoms with van der Waals surface area (Å²) in [6.07, 6.45) is 0. The second kappa shape index (κ2) is 4.67. The van der Waals surface area contributed by atoms with Crippen LogP contribution in [-0.4, -0.2) is 26.9 Å². The molecule has 1 aromatic carbocycles. The first kappa shape index (κ1) is 12.4. The lowest BCUT2D eigenvalue weighted by molar-refractivity contribution is -0.0559. The van der Waals surface area contributed by atoms with Crippen molar-refractivity contribution in [3.8, 4) is 5.75 Å². The average Bonchev–Trinajstić information content (AvgIpc) is 2.28. The molecule has 1 aromatic rings. The van der Waals surface area contributed by atoms with Crippen LogP contribution in [0, 0.1) is 0 Å². The van der Waals surface area contributed by atoms with Crippen molar-refractivity contribution in [2.45, 2.75) is 25.2 Å². The van der Waals surface area contributed by atoms with Gasteiger partial charge in [0, 0.05) is 12.1 Å². The van der Waals surface area contributed by atoms with Gasteiger partial charge < -0.3 is 15.2 Å². The Morgan fingerprint density at radius 1 is 1.41 bits per heavy atom. The van der Waals surface area contributed by atoms with Crippen molar-refractivity contribution in [2.75, 3.05) is 26.9 Å². The highest BCUT2D eigenvalue weighted by Crippen LogP contribution is 2.38. The molecule has 0 unspecified atom stereocenters. The second-order valence-electron chi connectivity index (χ2n) is 5.09. The van der Waals surface area contributed by atoms with Gasteiger partial charge in [0.25, 0.3) is 0 Å². The van der Waals surface area contributed by atoms with E-state index in [1.54, 1.807) is 7.11 Å². The van der Waals surface area contributed by atoms with Crippen LogP contribution in [0.5, 0.6) is 5.75 Å². The van der Waals surface area contributed by atoms with Gasteiger partial charge in [-0.1, -0.05) is 26.0 Å². The van der Waals surface area contributed by atoms with E-state index in [1.165, 1.54) is 11.1 Å². The van der Waals surface area contributed by atoms with Crippen LogP contribution >= 0.6 is 0 Å². The van der Waals surface area contributed by atoms with Gasteiger partial charge in [0.1, 0.15) is 5.75 Å². The first-order valence-corrected chi connectivity index (χ1v) is 6.09. The lowest BCUT2D eigenvalue weighted by Crippen LogP contribution is -2.52. The van der Waals surface area contributed by atoms with Gasteiger partial charge in [0.2, 0.25) is 0 Å². The maximum atomic E-state index is 5.89. The minimum atomic E-state index is -0.0408. The van der Waals surface area contributed by atoms with Crippen molar-refractivity contribution >= 4 is 0 Å². The maximum absolute atomic E-state index is 5.89.